The SMILES string of the molecule is C#CCCCOC(=O)c1ccc(-n2nc(-c3ccccc3O)nc2-c2ccccc2O)cc1. The molecule has 0 atom stereocenters. The number of terminal acetylenes is 1. The first kappa shape index (κ1) is 21.7. The van der Waals surface area contributed by atoms with Crippen molar-refractivity contribution in [3.63, 3.8) is 0 Å². The zero-order chi connectivity index (χ0) is 23.2. The minimum atomic E-state index is -0.437. The van der Waals surface area contributed by atoms with E-state index >= 15 is 0 Å². The van der Waals surface area contributed by atoms with Crippen LogP contribution in [0.2, 0.25) is 0 Å². The number of rotatable bonds is 7. The van der Waals surface area contributed by atoms with Gasteiger partial charge in [0.1, 0.15) is 11.5 Å². The number of phenolic OH excluding ortho intramolecular Hbond substituents is 2. The third kappa shape index (κ3) is 4.70. The molecule has 0 saturated heterocycles. The molecule has 7 heteroatoms. The Morgan fingerprint density at radius 2 is 1.58 bits per heavy atom. The Kier molecular flexibility index (Phi) is 6.37. The molecule has 1 aromatic heterocycles. The number of hydrogen-bond acceptors (Lipinski definition) is 6. The van der Waals surface area contributed by atoms with Gasteiger partial charge in [0.05, 0.1) is 29.0 Å². The zero-order valence-electron chi connectivity index (χ0n) is 17.7. The summed E-state index contributed by atoms with van der Waals surface area (Å²) in [6.45, 7) is 0.259. The van der Waals surface area contributed by atoms with Gasteiger partial charge in [-0.1, -0.05) is 24.3 Å². The maximum atomic E-state index is 12.2. The lowest BCUT2D eigenvalue weighted by Crippen LogP contribution is -2.07. The standard InChI is InChI=1S/C26H21N3O4/c1-2-3-8-17-33-26(32)18-13-15-19(16-14-18)29-25(21-10-5-7-12-23(21)31)27-24(28-29)20-9-4-6-11-22(20)30/h1,4-7,9-16,30-31H,3,8,17H2. The summed E-state index contributed by atoms with van der Waals surface area (Å²) in [6, 6.07) is 20.2. The van der Waals surface area contributed by atoms with Crippen molar-refractivity contribution in [2.45, 2.75) is 12.8 Å². The number of carbonyl (C=O) groups is 1. The number of para-hydroxylation sites is 2. The number of carbonyl (C=O) groups excluding carboxylic acids is 1. The van der Waals surface area contributed by atoms with Gasteiger partial charge in [-0.25, -0.2) is 14.5 Å². The molecule has 1 heterocycles. The molecule has 4 rings (SSSR count). The van der Waals surface area contributed by atoms with Crippen LogP contribution in [-0.4, -0.2) is 37.6 Å². The summed E-state index contributed by atoms with van der Waals surface area (Å²) in [5.41, 5.74) is 1.94. The molecule has 0 aliphatic heterocycles. The second-order valence-electron chi connectivity index (χ2n) is 7.20. The molecule has 0 unspecified atom stereocenters. The van der Waals surface area contributed by atoms with E-state index in [0.29, 0.717) is 46.9 Å². The number of phenols is 2. The molecule has 33 heavy (non-hydrogen) atoms. The Balaban J connectivity index is 1.71. The molecule has 0 aliphatic rings. The van der Waals surface area contributed by atoms with E-state index in [1.807, 2.05) is 0 Å². The number of esters is 1. The van der Waals surface area contributed by atoms with Crippen molar-refractivity contribution in [1.82, 2.24) is 14.8 Å². The molecule has 164 valence electrons. The minimum absolute atomic E-state index is 0.0430. The summed E-state index contributed by atoms with van der Waals surface area (Å²) in [6.07, 6.45) is 6.36. The van der Waals surface area contributed by atoms with Crippen LogP contribution < -0.4 is 0 Å². The quantitative estimate of drug-likeness (QED) is 0.248. The average Bonchev–Trinajstić information content (AvgIpc) is 3.27. The van der Waals surface area contributed by atoms with E-state index in [1.54, 1.807) is 77.5 Å². The molecular weight excluding hydrogens is 418 g/mol. The van der Waals surface area contributed by atoms with Crippen molar-refractivity contribution >= 4 is 5.97 Å². The maximum absolute atomic E-state index is 12.2. The van der Waals surface area contributed by atoms with Crippen molar-refractivity contribution in [1.29, 1.82) is 0 Å². The van der Waals surface area contributed by atoms with E-state index in [4.69, 9.17) is 11.2 Å². The van der Waals surface area contributed by atoms with Crippen LogP contribution in [0.15, 0.2) is 72.8 Å². The molecule has 0 bridgehead atoms. The van der Waals surface area contributed by atoms with E-state index < -0.39 is 5.97 Å². The van der Waals surface area contributed by atoms with Gasteiger partial charge in [-0.15, -0.1) is 17.4 Å². The molecule has 0 radical (unpaired) electrons. The van der Waals surface area contributed by atoms with Crippen LogP contribution in [0.5, 0.6) is 11.5 Å². The molecule has 0 spiro atoms. The third-order valence-electron chi connectivity index (χ3n) is 4.94. The first-order chi connectivity index (χ1) is 16.1. The summed E-state index contributed by atoms with van der Waals surface area (Å²) in [4.78, 5) is 16.8. The second-order valence-corrected chi connectivity index (χ2v) is 7.20. The topological polar surface area (TPSA) is 97.5 Å². The lowest BCUT2D eigenvalue weighted by Gasteiger charge is -2.08. The van der Waals surface area contributed by atoms with Crippen molar-refractivity contribution in [2.75, 3.05) is 6.61 Å². The molecule has 0 saturated carbocycles. The summed E-state index contributed by atoms with van der Waals surface area (Å²) in [5, 5.41) is 25.2. The van der Waals surface area contributed by atoms with Crippen LogP contribution >= 0.6 is 0 Å². The summed E-state index contributed by atoms with van der Waals surface area (Å²) in [5.74, 6) is 2.84. The number of benzene rings is 3. The fraction of sp³-hybridized carbons (Fsp3) is 0.115. The van der Waals surface area contributed by atoms with Gasteiger partial charge in [0.15, 0.2) is 11.6 Å². The van der Waals surface area contributed by atoms with Gasteiger partial charge in [-0.2, -0.15) is 0 Å². The Morgan fingerprint density at radius 1 is 0.939 bits per heavy atom. The van der Waals surface area contributed by atoms with Crippen molar-refractivity contribution in [3.05, 3.63) is 78.4 Å². The van der Waals surface area contributed by atoms with Crippen LogP contribution in [-0.2, 0) is 4.74 Å². The van der Waals surface area contributed by atoms with Gasteiger partial charge in [-0.3, -0.25) is 0 Å². The Labute approximate surface area is 190 Å². The van der Waals surface area contributed by atoms with Crippen LogP contribution in [0.1, 0.15) is 23.2 Å². The molecule has 0 amide bonds. The van der Waals surface area contributed by atoms with E-state index in [1.165, 1.54) is 0 Å². The highest BCUT2D eigenvalue weighted by atomic mass is 16.5. The molecule has 0 fully saturated rings. The zero-order valence-corrected chi connectivity index (χ0v) is 17.7. The monoisotopic (exact) mass is 439 g/mol. The molecule has 2 N–H and O–H groups in total. The first-order valence-electron chi connectivity index (χ1n) is 10.3. The lowest BCUT2D eigenvalue weighted by atomic mass is 10.1. The van der Waals surface area contributed by atoms with Gasteiger partial charge in [-0.05, 0) is 55.0 Å². The predicted octanol–water partition coefficient (Wildman–Crippen LogP) is 4.58. The van der Waals surface area contributed by atoms with Gasteiger partial charge in [0, 0.05) is 6.42 Å². The number of aromatic nitrogens is 3. The Bertz CT molecular complexity index is 1320. The molecular formula is C26H21N3O4. The van der Waals surface area contributed by atoms with Gasteiger partial charge in [0.25, 0.3) is 0 Å². The number of ether oxygens (including phenoxy) is 1. The number of unbranched alkanes of at least 4 members (excludes halogenated alkanes) is 1. The van der Waals surface area contributed by atoms with Crippen LogP contribution in [0.25, 0.3) is 28.5 Å². The average molecular weight is 439 g/mol. The van der Waals surface area contributed by atoms with E-state index in [9.17, 15) is 15.0 Å². The molecule has 0 aliphatic carbocycles. The summed E-state index contributed by atoms with van der Waals surface area (Å²) < 4.78 is 6.78. The van der Waals surface area contributed by atoms with Crippen LogP contribution in [0.4, 0.5) is 0 Å². The fourth-order valence-corrected chi connectivity index (χ4v) is 3.27. The largest absolute Gasteiger partial charge is 0.507 e. The second kappa shape index (κ2) is 9.71. The molecule has 3 aromatic carbocycles. The maximum Gasteiger partial charge on any atom is 0.338 e. The van der Waals surface area contributed by atoms with Crippen LogP contribution in [0.3, 0.4) is 0 Å². The predicted molar refractivity (Wildman–Crippen MR) is 124 cm³/mol. The van der Waals surface area contributed by atoms with Gasteiger partial charge >= 0.3 is 5.97 Å². The fourth-order valence-electron chi connectivity index (χ4n) is 3.27. The van der Waals surface area contributed by atoms with E-state index in [-0.39, 0.29) is 18.1 Å². The number of aromatic hydroxyl groups is 2. The highest BCUT2D eigenvalue weighted by Gasteiger charge is 2.19. The summed E-state index contributed by atoms with van der Waals surface area (Å²) >= 11 is 0. The minimum Gasteiger partial charge on any atom is -0.507 e. The van der Waals surface area contributed by atoms with Gasteiger partial charge in [0.2, 0.25) is 0 Å². The highest BCUT2D eigenvalue weighted by Crippen LogP contribution is 2.33. The molecule has 4 aromatic rings. The Hall–Kier alpha value is -4.57. The highest BCUT2D eigenvalue weighted by molar-refractivity contribution is 5.89. The van der Waals surface area contributed by atoms with Crippen molar-refractivity contribution in [2.24, 2.45) is 0 Å². The van der Waals surface area contributed by atoms with Gasteiger partial charge < -0.3 is 14.9 Å². The normalized spacial score (nSPS) is 10.5. The van der Waals surface area contributed by atoms with E-state index in [0.717, 1.165) is 0 Å². The number of hydrogen-bond donors (Lipinski definition) is 2. The lowest BCUT2D eigenvalue weighted by molar-refractivity contribution is 0.0502. The first-order valence-corrected chi connectivity index (χ1v) is 10.3. The smallest absolute Gasteiger partial charge is 0.338 e. The van der Waals surface area contributed by atoms with Crippen molar-refractivity contribution in [3.8, 4) is 52.3 Å². The number of nitrogens with zero attached hydrogens (tertiary/aromatic N) is 3. The third-order valence-corrected chi connectivity index (χ3v) is 4.94. The van der Waals surface area contributed by atoms with E-state index in [2.05, 4.69) is 16.0 Å². The summed E-state index contributed by atoms with van der Waals surface area (Å²) in [7, 11) is 0. The Morgan fingerprint density at radius 3 is 2.21 bits per heavy atom. The molecule has 7 nitrogen and oxygen atoms in total. The van der Waals surface area contributed by atoms with Crippen molar-refractivity contribution < 1.29 is 19.7 Å². The van der Waals surface area contributed by atoms with Crippen LogP contribution in [0, 0.1) is 12.3 Å².